The van der Waals surface area contributed by atoms with Crippen LogP contribution >= 0.6 is 0 Å². The highest BCUT2D eigenvalue weighted by molar-refractivity contribution is 5.79. The summed E-state index contributed by atoms with van der Waals surface area (Å²) in [5.74, 6) is 2.26. The van der Waals surface area contributed by atoms with Crippen LogP contribution in [0, 0.1) is 0 Å². The SMILES string of the molecule is COc1ccc(Nc2ccn3ncc(-c4ccc5c(c4)CCO5)c3n2)cn1. The molecule has 0 spiro atoms. The maximum atomic E-state index is 5.60. The van der Waals surface area contributed by atoms with Gasteiger partial charge >= 0.3 is 0 Å². The van der Waals surface area contributed by atoms with E-state index in [1.807, 2.05) is 30.6 Å². The Bertz CT molecular complexity index is 1120. The van der Waals surface area contributed by atoms with Crippen LogP contribution in [0.15, 0.2) is 55.0 Å². The Morgan fingerprint density at radius 2 is 2.11 bits per heavy atom. The molecule has 0 saturated carbocycles. The van der Waals surface area contributed by atoms with Crippen LogP contribution in [-0.2, 0) is 6.42 Å². The number of hydrogen-bond acceptors (Lipinski definition) is 6. The highest BCUT2D eigenvalue weighted by Gasteiger charge is 2.15. The second-order valence-corrected chi connectivity index (χ2v) is 6.27. The van der Waals surface area contributed by atoms with Crippen LogP contribution in [0.5, 0.6) is 11.6 Å². The van der Waals surface area contributed by atoms with Crippen molar-refractivity contribution < 1.29 is 9.47 Å². The molecule has 1 N–H and O–H groups in total. The van der Waals surface area contributed by atoms with Crippen LogP contribution in [0.25, 0.3) is 16.8 Å². The Kier molecular flexibility index (Phi) is 3.64. The molecule has 0 fully saturated rings. The monoisotopic (exact) mass is 359 g/mol. The fourth-order valence-corrected chi connectivity index (χ4v) is 3.22. The second kappa shape index (κ2) is 6.28. The van der Waals surface area contributed by atoms with E-state index in [4.69, 9.17) is 14.5 Å². The number of hydrogen-bond donors (Lipinski definition) is 1. The van der Waals surface area contributed by atoms with Crippen molar-refractivity contribution in [3.05, 3.63) is 60.6 Å². The number of aromatic nitrogens is 4. The largest absolute Gasteiger partial charge is 0.493 e. The molecule has 3 aromatic heterocycles. The molecule has 1 aromatic carbocycles. The maximum Gasteiger partial charge on any atom is 0.213 e. The Morgan fingerprint density at radius 3 is 2.96 bits per heavy atom. The third-order valence-electron chi connectivity index (χ3n) is 4.59. The van der Waals surface area contributed by atoms with Gasteiger partial charge in [0.2, 0.25) is 5.88 Å². The van der Waals surface area contributed by atoms with Gasteiger partial charge in [-0.1, -0.05) is 6.07 Å². The van der Waals surface area contributed by atoms with Gasteiger partial charge in [-0.2, -0.15) is 5.10 Å². The zero-order valence-corrected chi connectivity index (χ0v) is 14.7. The van der Waals surface area contributed by atoms with E-state index in [0.717, 1.165) is 47.1 Å². The van der Waals surface area contributed by atoms with Crippen molar-refractivity contribution in [2.45, 2.75) is 6.42 Å². The summed E-state index contributed by atoms with van der Waals surface area (Å²) in [5, 5.41) is 7.69. The maximum absolute atomic E-state index is 5.60. The van der Waals surface area contributed by atoms with Crippen molar-refractivity contribution in [2.75, 3.05) is 19.0 Å². The van der Waals surface area contributed by atoms with Crippen LogP contribution in [0.2, 0.25) is 0 Å². The summed E-state index contributed by atoms with van der Waals surface area (Å²) in [6, 6.07) is 11.8. The Morgan fingerprint density at radius 1 is 1.15 bits per heavy atom. The number of rotatable bonds is 4. The van der Waals surface area contributed by atoms with Crippen molar-refractivity contribution in [2.24, 2.45) is 0 Å². The normalized spacial score (nSPS) is 12.6. The lowest BCUT2D eigenvalue weighted by molar-refractivity contribution is 0.357. The summed E-state index contributed by atoms with van der Waals surface area (Å²) in [5.41, 5.74) is 4.93. The van der Waals surface area contributed by atoms with Gasteiger partial charge < -0.3 is 14.8 Å². The van der Waals surface area contributed by atoms with E-state index in [9.17, 15) is 0 Å². The Labute approximate surface area is 155 Å². The highest BCUT2D eigenvalue weighted by atomic mass is 16.5. The van der Waals surface area contributed by atoms with Gasteiger partial charge in [-0.25, -0.2) is 14.5 Å². The minimum Gasteiger partial charge on any atom is -0.493 e. The second-order valence-electron chi connectivity index (χ2n) is 6.27. The molecule has 4 aromatic rings. The van der Waals surface area contributed by atoms with E-state index >= 15 is 0 Å². The molecule has 1 aliphatic rings. The van der Waals surface area contributed by atoms with Crippen molar-refractivity contribution in [1.82, 2.24) is 19.6 Å². The van der Waals surface area contributed by atoms with Gasteiger partial charge in [0.15, 0.2) is 5.65 Å². The first-order valence-electron chi connectivity index (χ1n) is 8.68. The first kappa shape index (κ1) is 15.6. The summed E-state index contributed by atoms with van der Waals surface area (Å²) >= 11 is 0. The fraction of sp³-hybridized carbons (Fsp3) is 0.150. The topological polar surface area (TPSA) is 73.6 Å². The molecule has 0 aliphatic carbocycles. The van der Waals surface area contributed by atoms with Crippen LogP contribution in [0.3, 0.4) is 0 Å². The number of benzene rings is 1. The molecular formula is C20H17N5O2. The van der Waals surface area contributed by atoms with E-state index in [2.05, 4.69) is 27.5 Å². The number of anilines is 2. The van der Waals surface area contributed by atoms with Crippen molar-refractivity contribution in [3.8, 4) is 22.8 Å². The quantitative estimate of drug-likeness (QED) is 0.601. The third-order valence-corrected chi connectivity index (χ3v) is 4.59. The molecule has 1 aliphatic heterocycles. The molecule has 0 unspecified atom stereocenters. The molecule has 27 heavy (non-hydrogen) atoms. The molecule has 134 valence electrons. The minimum absolute atomic E-state index is 0.572. The summed E-state index contributed by atoms with van der Waals surface area (Å²) in [6.45, 7) is 0.746. The lowest BCUT2D eigenvalue weighted by Gasteiger charge is -2.07. The molecule has 0 amide bonds. The van der Waals surface area contributed by atoms with Crippen molar-refractivity contribution >= 4 is 17.2 Å². The number of pyridine rings is 1. The number of nitrogens with one attached hydrogen (secondary N) is 1. The van der Waals surface area contributed by atoms with Gasteiger partial charge in [0.25, 0.3) is 0 Å². The number of fused-ring (bicyclic) bond motifs is 2. The average molecular weight is 359 g/mol. The molecule has 4 heterocycles. The van der Waals surface area contributed by atoms with Crippen LogP contribution in [-0.4, -0.2) is 33.3 Å². The average Bonchev–Trinajstić information content (AvgIpc) is 3.34. The van der Waals surface area contributed by atoms with Gasteiger partial charge in [-0.15, -0.1) is 0 Å². The molecule has 0 radical (unpaired) electrons. The van der Waals surface area contributed by atoms with Gasteiger partial charge in [-0.3, -0.25) is 0 Å². The predicted molar refractivity (Wildman–Crippen MR) is 102 cm³/mol. The van der Waals surface area contributed by atoms with Crippen molar-refractivity contribution in [1.29, 1.82) is 0 Å². The Balaban J connectivity index is 1.50. The summed E-state index contributed by atoms with van der Waals surface area (Å²) in [4.78, 5) is 8.94. The summed E-state index contributed by atoms with van der Waals surface area (Å²) in [7, 11) is 1.59. The van der Waals surface area contributed by atoms with E-state index < -0.39 is 0 Å². The van der Waals surface area contributed by atoms with Gasteiger partial charge in [-0.05, 0) is 35.4 Å². The van der Waals surface area contributed by atoms with E-state index in [-0.39, 0.29) is 0 Å². The van der Waals surface area contributed by atoms with E-state index in [1.54, 1.807) is 23.9 Å². The molecule has 0 saturated heterocycles. The fourth-order valence-electron chi connectivity index (χ4n) is 3.22. The van der Waals surface area contributed by atoms with Gasteiger partial charge in [0, 0.05) is 24.2 Å². The van der Waals surface area contributed by atoms with Crippen LogP contribution < -0.4 is 14.8 Å². The molecule has 5 rings (SSSR count). The molecular weight excluding hydrogens is 342 g/mol. The lowest BCUT2D eigenvalue weighted by atomic mass is 10.0. The summed E-state index contributed by atoms with van der Waals surface area (Å²) < 4.78 is 12.5. The van der Waals surface area contributed by atoms with Crippen LogP contribution in [0.1, 0.15) is 5.56 Å². The molecule has 0 atom stereocenters. The molecule has 7 nitrogen and oxygen atoms in total. The smallest absolute Gasteiger partial charge is 0.213 e. The third kappa shape index (κ3) is 2.83. The van der Waals surface area contributed by atoms with Crippen LogP contribution in [0.4, 0.5) is 11.5 Å². The first-order valence-corrected chi connectivity index (χ1v) is 8.68. The zero-order valence-electron chi connectivity index (χ0n) is 14.7. The number of methoxy groups -OCH3 is 1. The number of nitrogens with zero attached hydrogens (tertiary/aromatic N) is 4. The lowest BCUT2D eigenvalue weighted by Crippen LogP contribution is -1.98. The summed E-state index contributed by atoms with van der Waals surface area (Å²) in [6.07, 6.45) is 6.38. The van der Waals surface area contributed by atoms with Crippen molar-refractivity contribution in [3.63, 3.8) is 0 Å². The van der Waals surface area contributed by atoms with E-state index in [1.165, 1.54) is 5.56 Å². The van der Waals surface area contributed by atoms with E-state index in [0.29, 0.717) is 5.88 Å². The minimum atomic E-state index is 0.572. The van der Waals surface area contributed by atoms with Gasteiger partial charge in [0.1, 0.15) is 11.6 Å². The predicted octanol–water partition coefficient (Wildman–Crippen LogP) is 3.48. The standard InChI is InChI=1S/C20H17N5O2/c1-26-19-5-3-15(11-21-19)23-18-6-8-25-20(24-18)16(12-22-25)13-2-4-17-14(10-13)7-9-27-17/h2-6,8,10-12H,7,9H2,1H3,(H,23,24). The number of ether oxygens (including phenoxy) is 2. The first-order chi connectivity index (χ1) is 13.3. The highest BCUT2D eigenvalue weighted by Crippen LogP contribution is 2.32. The molecule has 0 bridgehead atoms. The Hall–Kier alpha value is -3.61. The zero-order chi connectivity index (χ0) is 18.2. The van der Waals surface area contributed by atoms with Gasteiger partial charge in [0.05, 0.1) is 31.8 Å². The molecule has 7 heteroatoms.